The van der Waals surface area contributed by atoms with Gasteiger partial charge in [-0.2, -0.15) is 5.10 Å². The van der Waals surface area contributed by atoms with Crippen LogP contribution in [0.25, 0.3) is 0 Å². The summed E-state index contributed by atoms with van der Waals surface area (Å²) in [6.07, 6.45) is 0. The fraction of sp³-hybridized carbons (Fsp3) is 0.133. The zero-order chi connectivity index (χ0) is 13.2. The molecule has 0 aromatic heterocycles. The first kappa shape index (κ1) is 12.2. The number of hydrogen-bond donors (Lipinski definition) is 1. The second-order valence-electron chi connectivity index (χ2n) is 4.47. The van der Waals surface area contributed by atoms with Crippen molar-refractivity contribution in [2.24, 2.45) is 5.10 Å². The molecule has 4 heteroatoms. The number of nitrogens with one attached hydrogen (secondary N) is 1. The van der Waals surface area contributed by atoms with Crippen LogP contribution in [0, 0.1) is 5.82 Å². The fourth-order valence-electron chi connectivity index (χ4n) is 2.25. The predicted octanol–water partition coefficient (Wildman–Crippen LogP) is 3.57. The number of hydrogen-bond acceptors (Lipinski definition) is 2. The van der Waals surface area contributed by atoms with Crippen LogP contribution in [0.5, 0.6) is 0 Å². The molecule has 0 radical (unpaired) electrons. The van der Waals surface area contributed by atoms with Crippen LogP contribution < -0.4 is 5.43 Å². The van der Waals surface area contributed by atoms with Crippen LogP contribution in [-0.4, -0.2) is 12.3 Å². The van der Waals surface area contributed by atoms with Crippen LogP contribution in [-0.2, 0) is 0 Å². The van der Waals surface area contributed by atoms with E-state index in [9.17, 15) is 4.39 Å². The van der Waals surface area contributed by atoms with Crippen molar-refractivity contribution in [1.82, 2.24) is 5.43 Å². The number of rotatable bonds is 2. The number of nitrogens with zero attached hydrogens (tertiary/aromatic N) is 1. The largest absolute Gasteiger partial charge is 0.309 e. The molecule has 0 spiro atoms. The Hall–Kier alpha value is -1.87. The molecule has 0 amide bonds. The Labute approximate surface area is 115 Å². The molecule has 1 atom stereocenters. The summed E-state index contributed by atoms with van der Waals surface area (Å²) in [5, 5.41) is 5.05. The van der Waals surface area contributed by atoms with Gasteiger partial charge < -0.3 is 5.43 Å². The van der Waals surface area contributed by atoms with E-state index in [1.807, 2.05) is 24.3 Å². The lowest BCUT2D eigenvalue weighted by Gasteiger charge is -2.12. The molecule has 0 saturated heterocycles. The molecule has 3 rings (SSSR count). The first-order valence-corrected chi connectivity index (χ1v) is 6.44. The summed E-state index contributed by atoms with van der Waals surface area (Å²) in [5.41, 5.74) is 6.06. The molecule has 2 aromatic rings. The molecule has 0 saturated carbocycles. The Morgan fingerprint density at radius 1 is 1.05 bits per heavy atom. The molecule has 2 nitrogen and oxygen atoms in total. The van der Waals surface area contributed by atoms with Gasteiger partial charge in [-0.25, -0.2) is 4.39 Å². The van der Waals surface area contributed by atoms with Crippen molar-refractivity contribution >= 4 is 17.3 Å². The minimum atomic E-state index is -0.223. The third-order valence-corrected chi connectivity index (χ3v) is 3.49. The quantitative estimate of drug-likeness (QED) is 0.889. The Balaban J connectivity index is 1.93. The van der Waals surface area contributed by atoms with Crippen molar-refractivity contribution in [2.75, 3.05) is 6.54 Å². The Morgan fingerprint density at radius 2 is 1.74 bits per heavy atom. The van der Waals surface area contributed by atoms with Gasteiger partial charge in [0.25, 0.3) is 0 Å². The monoisotopic (exact) mass is 274 g/mol. The molecule has 1 aliphatic rings. The molecule has 1 N–H and O–H groups in total. The van der Waals surface area contributed by atoms with Crippen LogP contribution in [0.1, 0.15) is 17.0 Å². The van der Waals surface area contributed by atoms with Crippen LogP contribution in [0.4, 0.5) is 4.39 Å². The van der Waals surface area contributed by atoms with E-state index in [0.717, 1.165) is 23.4 Å². The first-order valence-electron chi connectivity index (χ1n) is 6.06. The highest BCUT2D eigenvalue weighted by Crippen LogP contribution is 2.25. The topological polar surface area (TPSA) is 24.4 Å². The van der Waals surface area contributed by atoms with E-state index in [-0.39, 0.29) is 11.7 Å². The van der Waals surface area contributed by atoms with E-state index in [0.29, 0.717) is 5.02 Å². The summed E-state index contributed by atoms with van der Waals surface area (Å²) in [6, 6.07) is 14.2. The summed E-state index contributed by atoms with van der Waals surface area (Å²) >= 11 is 5.89. The molecule has 1 aliphatic heterocycles. The maximum atomic E-state index is 13.0. The van der Waals surface area contributed by atoms with Crippen molar-refractivity contribution in [3.05, 3.63) is 70.5 Å². The zero-order valence-electron chi connectivity index (χ0n) is 10.1. The van der Waals surface area contributed by atoms with Crippen LogP contribution >= 0.6 is 11.6 Å². The summed E-state index contributed by atoms with van der Waals surface area (Å²) in [4.78, 5) is 0. The van der Waals surface area contributed by atoms with Gasteiger partial charge in [0.15, 0.2) is 0 Å². The third kappa shape index (κ3) is 2.47. The molecule has 0 bridgehead atoms. The summed E-state index contributed by atoms with van der Waals surface area (Å²) in [5.74, 6) is -0.0820. The second kappa shape index (κ2) is 5.02. The van der Waals surface area contributed by atoms with Crippen molar-refractivity contribution in [3.63, 3.8) is 0 Å². The van der Waals surface area contributed by atoms with Crippen LogP contribution in [0.3, 0.4) is 0 Å². The number of halogens is 2. The number of benzene rings is 2. The van der Waals surface area contributed by atoms with E-state index in [2.05, 4.69) is 10.5 Å². The summed E-state index contributed by atoms with van der Waals surface area (Å²) in [6.45, 7) is 0.726. The molecule has 0 aliphatic carbocycles. The van der Waals surface area contributed by atoms with E-state index in [1.165, 1.54) is 12.1 Å². The maximum absolute atomic E-state index is 13.0. The lowest BCUT2D eigenvalue weighted by atomic mass is 9.91. The highest BCUT2D eigenvalue weighted by molar-refractivity contribution is 6.30. The minimum absolute atomic E-state index is 0.141. The van der Waals surface area contributed by atoms with Gasteiger partial charge in [-0.1, -0.05) is 35.9 Å². The lowest BCUT2D eigenvalue weighted by Crippen LogP contribution is -2.14. The van der Waals surface area contributed by atoms with Gasteiger partial charge in [-0.05, 0) is 35.4 Å². The predicted molar refractivity (Wildman–Crippen MR) is 75.1 cm³/mol. The normalized spacial score (nSPS) is 18.0. The van der Waals surface area contributed by atoms with Crippen molar-refractivity contribution < 1.29 is 4.39 Å². The molecule has 19 heavy (non-hydrogen) atoms. The zero-order valence-corrected chi connectivity index (χ0v) is 10.9. The molecule has 96 valence electrons. The van der Waals surface area contributed by atoms with Gasteiger partial charge in [0, 0.05) is 17.5 Å². The van der Waals surface area contributed by atoms with Crippen LogP contribution in [0.2, 0.25) is 5.02 Å². The molecule has 1 heterocycles. The highest BCUT2D eigenvalue weighted by Gasteiger charge is 2.24. The standard InChI is InChI=1S/C15H12ClFN2/c16-12-5-1-11(2-6-12)15-14(9-18-19-15)10-3-7-13(17)8-4-10/h1-8,14,18H,9H2/t14-/m1/s1. The Morgan fingerprint density at radius 3 is 2.42 bits per heavy atom. The molecular weight excluding hydrogens is 263 g/mol. The van der Waals surface area contributed by atoms with Gasteiger partial charge in [0.05, 0.1) is 5.71 Å². The van der Waals surface area contributed by atoms with E-state index in [4.69, 9.17) is 11.6 Å². The average molecular weight is 275 g/mol. The third-order valence-electron chi connectivity index (χ3n) is 3.24. The van der Waals surface area contributed by atoms with Crippen molar-refractivity contribution in [1.29, 1.82) is 0 Å². The van der Waals surface area contributed by atoms with Gasteiger partial charge >= 0.3 is 0 Å². The Kier molecular flexibility index (Phi) is 3.22. The van der Waals surface area contributed by atoms with Gasteiger partial charge in [-0.3, -0.25) is 0 Å². The van der Waals surface area contributed by atoms with Gasteiger partial charge in [0.1, 0.15) is 5.82 Å². The average Bonchev–Trinajstić information content (AvgIpc) is 2.90. The van der Waals surface area contributed by atoms with Crippen LogP contribution in [0.15, 0.2) is 53.6 Å². The first-order chi connectivity index (χ1) is 9.24. The summed E-state index contributed by atoms with van der Waals surface area (Å²) in [7, 11) is 0. The summed E-state index contributed by atoms with van der Waals surface area (Å²) < 4.78 is 13.0. The van der Waals surface area contributed by atoms with Gasteiger partial charge in [-0.15, -0.1) is 0 Å². The van der Waals surface area contributed by atoms with E-state index >= 15 is 0 Å². The Bertz CT molecular complexity index is 605. The maximum Gasteiger partial charge on any atom is 0.123 e. The second-order valence-corrected chi connectivity index (χ2v) is 4.91. The fourth-order valence-corrected chi connectivity index (χ4v) is 2.38. The number of hydrazone groups is 1. The van der Waals surface area contributed by atoms with E-state index in [1.54, 1.807) is 12.1 Å². The SMILES string of the molecule is Fc1ccc([C@H]2CNN=C2c2ccc(Cl)cc2)cc1. The van der Waals surface area contributed by atoms with Crippen molar-refractivity contribution in [2.45, 2.75) is 5.92 Å². The minimum Gasteiger partial charge on any atom is -0.309 e. The molecule has 0 unspecified atom stereocenters. The smallest absolute Gasteiger partial charge is 0.123 e. The molecule has 2 aromatic carbocycles. The van der Waals surface area contributed by atoms with E-state index < -0.39 is 0 Å². The van der Waals surface area contributed by atoms with Gasteiger partial charge in [0.2, 0.25) is 0 Å². The molecular formula is C15H12ClFN2. The van der Waals surface area contributed by atoms with Crippen molar-refractivity contribution in [3.8, 4) is 0 Å². The lowest BCUT2D eigenvalue weighted by molar-refractivity contribution is 0.626. The molecule has 0 fully saturated rings. The highest BCUT2D eigenvalue weighted by atomic mass is 35.5.